The highest BCUT2D eigenvalue weighted by molar-refractivity contribution is 5.78. The molecule has 2 bridgehead atoms. The first-order chi connectivity index (χ1) is 13.2. The maximum Gasteiger partial charge on any atom is 0.223 e. The number of nitrogens with zero attached hydrogens (tertiary/aromatic N) is 4. The molecule has 0 radical (unpaired) electrons. The number of methoxy groups -OCH3 is 1. The molecule has 1 fully saturated rings. The van der Waals surface area contributed by atoms with Crippen LogP contribution in [0, 0.1) is 0 Å². The SMILES string of the molecule is CCC(=O)N1[C@H]2CC[C@H]1c1cnc3cc(-c4ccccc4OC)nn3c1C2. The van der Waals surface area contributed by atoms with E-state index in [1.807, 2.05) is 48.0 Å². The molecule has 0 unspecified atom stereocenters. The first-order valence-electron chi connectivity index (χ1n) is 9.53. The topological polar surface area (TPSA) is 59.7 Å². The molecule has 27 heavy (non-hydrogen) atoms. The van der Waals surface area contributed by atoms with Gasteiger partial charge in [-0.2, -0.15) is 5.10 Å². The molecule has 2 aliphatic heterocycles. The molecule has 0 saturated carbocycles. The molecule has 0 N–H and O–H groups in total. The first kappa shape index (κ1) is 16.3. The average molecular weight is 362 g/mol. The molecule has 2 atom stereocenters. The van der Waals surface area contributed by atoms with E-state index in [1.54, 1.807) is 7.11 Å². The van der Waals surface area contributed by atoms with Crippen molar-refractivity contribution in [3.05, 3.63) is 47.8 Å². The molecule has 3 aromatic rings. The van der Waals surface area contributed by atoms with Gasteiger partial charge in [-0.3, -0.25) is 4.79 Å². The maximum atomic E-state index is 12.4. The van der Waals surface area contributed by atoms with Crippen molar-refractivity contribution < 1.29 is 9.53 Å². The molecular weight excluding hydrogens is 340 g/mol. The Balaban J connectivity index is 1.63. The monoisotopic (exact) mass is 362 g/mol. The highest BCUT2D eigenvalue weighted by Crippen LogP contribution is 2.44. The summed E-state index contributed by atoms with van der Waals surface area (Å²) in [5.41, 5.74) is 4.99. The predicted octanol–water partition coefficient (Wildman–Crippen LogP) is 3.40. The molecule has 5 rings (SSSR count). The lowest BCUT2D eigenvalue weighted by molar-refractivity contribution is -0.134. The van der Waals surface area contributed by atoms with E-state index in [-0.39, 0.29) is 18.0 Å². The lowest BCUT2D eigenvalue weighted by Gasteiger charge is -2.36. The Morgan fingerprint density at radius 1 is 1.30 bits per heavy atom. The molecular formula is C21H22N4O2. The van der Waals surface area contributed by atoms with Crippen LogP contribution in [0.25, 0.3) is 16.9 Å². The van der Waals surface area contributed by atoms with Gasteiger partial charge in [0.25, 0.3) is 0 Å². The van der Waals surface area contributed by atoms with E-state index in [0.717, 1.165) is 47.5 Å². The molecule has 1 amide bonds. The van der Waals surface area contributed by atoms with Crippen LogP contribution in [0.4, 0.5) is 0 Å². The fourth-order valence-electron chi connectivity index (χ4n) is 4.64. The summed E-state index contributed by atoms with van der Waals surface area (Å²) in [6.07, 6.45) is 5.40. The highest BCUT2D eigenvalue weighted by Gasteiger charge is 2.43. The molecule has 1 saturated heterocycles. The first-order valence-corrected chi connectivity index (χ1v) is 9.53. The van der Waals surface area contributed by atoms with Gasteiger partial charge in [0.1, 0.15) is 5.75 Å². The van der Waals surface area contributed by atoms with Crippen LogP contribution in [0.3, 0.4) is 0 Å². The fraction of sp³-hybridized carbons (Fsp3) is 0.381. The van der Waals surface area contributed by atoms with Gasteiger partial charge >= 0.3 is 0 Å². The lowest BCUT2D eigenvalue weighted by Crippen LogP contribution is -2.42. The zero-order valence-corrected chi connectivity index (χ0v) is 15.6. The fourth-order valence-corrected chi connectivity index (χ4v) is 4.64. The van der Waals surface area contributed by atoms with E-state index >= 15 is 0 Å². The molecule has 0 spiro atoms. The van der Waals surface area contributed by atoms with E-state index in [0.29, 0.717) is 6.42 Å². The van der Waals surface area contributed by atoms with Gasteiger partial charge in [-0.05, 0) is 25.0 Å². The number of ether oxygens (including phenoxy) is 1. The number of hydrogen-bond acceptors (Lipinski definition) is 4. The Morgan fingerprint density at radius 2 is 2.15 bits per heavy atom. The van der Waals surface area contributed by atoms with Gasteiger partial charge in [-0.15, -0.1) is 0 Å². The molecule has 4 heterocycles. The van der Waals surface area contributed by atoms with Gasteiger partial charge < -0.3 is 9.64 Å². The van der Waals surface area contributed by atoms with Crippen molar-refractivity contribution in [1.29, 1.82) is 0 Å². The van der Waals surface area contributed by atoms with Crippen LogP contribution in [0.5, 0.6) is 5.75 Å². The average Bonchev–Trinajstić information content (AvgIpc) is 3.28. The Labute approximate surface area is 157 Å². The van der Waals surface area contributed by atoms with E-state index in [9.17, 15) is 4.79 Å². The van der Waals surface area contributed by atoms with Crippen molar-refractivity contribution in [2.45, 2.75) is 44.7 Å². The minimum atomic E-state index is 0.141. The molecule has 2 aromatic heterocycles. The van der Waals surface area contributed by atoms with Gasteiger partial charge in [0.2, 0.25) is 5.91 Å². The lowest BCUT2D eigenvalue weighted by atomic mass is 9.99. The van der Waals surface area contributed by atoms with E-state index in [1.165, 1.54) is 5.69 Å². The third-order valence-corrected chi connectivity index (χ3v) is 5.88. The second kappa shape index (κ2) is 6.08. The van der Waals surface area contributed by atoms with Crippen molar-refractivity contribution in [2.75, 3.05) is 7.11 Å². The van der Waals surface area contributed by atoms with Crippen LogP contribution in [-0.4, -0.2) is 38.6 Å². The summed E-state index contributed by atoms with van der Waals surface area (Å²) in [4.78, 5) is 19.2. The Kier molecular flexibility index (Phi) is 3.67. The highest BCUT2D eigenvalue weighted by atomic mass is 16.5. The molecule has 2 aliphatic rings. The van der Waals surface area contributed by atoms with Crippen LogP contribution in [0.1, 0.15) is 43.5 Å². The van der Waals surface area contributed by atoms with Gasteiger partial charge in [-0.1, -0.05) is 19.1 Å². The second-order valence-electron chi connectivity index (χ2n) is 7.27. The van der Waals surface area contributed by atoms with E-state index < -0.39 is 0 Å². The Hall–Kier alpha value is -2.89. The zero-order valence-electron chi connectivity index (χ0n) is 15.6. The van der Waals surface area contributed by atoms with Crippen molar-refractivity contribution in [2.24, 2.45) is 0 Å². The van der Waals surface area contributed by atoms with Gasteiger partial charge in [-0.25, -0.2) is 9.50 Å². The zero-order chi connectivity index (χ0) is 18.5. The van der Waals surface area contributed by atoms with Crippen LogP contribution >= 0.6 is 0 Å². The third kappa shape index (κ3) is 2.36. The van der Waals surface area contributed by atoms with Crippen LogP contribution < -0.4 is 4.74 Å². The summed E-state index contributed by atoms with van der Waals surface area (Å²) in [5, 5.41) is 4.86. The van der Waals surface area contributed by atoms with Crippen molar-refractivity contribution in [1.82, 2.24) is 19.5 Å². The molecule has 6 nitrogen and oxygen atoms in total. The van der Waals surface area contributed by atoms with E-state index in [2.05, 4.69) is 9.88 Å². The Morgan fingerprint density at radius 3 is 2.96 bits per heavy atom. The van der Waals surface area contributed by atoms with Crippen molar-refractivity contribution in [3.63, 3.8) is 0 Å². The number of benzene rings is 1. The number of hydrogen-bond donors (Lipinski definition) is 0. The quantitative estimate of drug-likeness (QED) is 0.716. The summed E-state index contributed by atoms with van der Waals surface area (Å²) in [6.45, 7) is 1.94. The van der Waals surface area contributed by atoms with Gasteiger partial charge in [0, 0.05) is 42.3 Å². The number of para-hydroxylation sites is 1. The maximum absolute atomic E-state index is 12.4. The van der Waals surface area contributed by atoms with Crippen LogP contribution in [0.2, 0.25) is 0 Å². The minimum Gasteiger partial charge on any atom is -0.496 e. The van der Waals surface area contributed by atoms with Crippen molar-refractivity contribution >= 4 is 11.6 Å². The molecule has 0 aliphatic carbocycles. The molecule has 6 heteroatoms. The summed E-state index contributed by atoms with van der Waals surface area (Å²) >= 11 is 0. The molecule has 1 aromatic carbocycles. The summed E-state index contributed by atoms with van der Waals surface area (Å²) in [7, 11) is 1.67. The van der Waals surface area contributed by atoms with E-state index in [4.69, 9.17) is 9.84 Å². The standard InChI is InChI=1S/C21H22N4O2/c1-3-21(26)24-13-8-9-17(24)15-12-22-20-11-16(23-25(20)18(15)10-13)14-6-4-5-7-19(14)27-2/h4-7,11-13,17H,3,8-10H2,1-2H3/t13-,17-/m0/s1. The second-order valence-corrected chi connectivity index (χ2v) is 7.27. The number of carbonyl (C=O) groups is 1. The van der Waals surface area contributed by atoms with Gasteiger partial charge in [0.05, 0.1) is 24.5 Å². The normalized spacial score (nSPS) is 20.7. The number of carbonyl (C=O) groups excluding carboxylic acids is 1. The molecule has 138 valence electrons. The number of amides is 1. The van der Waals surface area contributed by atoms with Crippen LogP contribution in [0.15, 0.2) is 36.5 Å². The minimum absolute atomic E-state index is 0.141. The van der Waals surface area contributed by atoms with Crippen LogP contribution in [-0.2, 0) is 11.2 Å². The van der Waals surface area contributed by atoms with Crippen molar-refractivity contribution in [3.8, 4) is 17.0 Å². The third-order valence-electron chi connectivity index (χ3n) is 5.88. The number of aromatic nitrogens is 3. The number of fused-ring (bicyclic) bond motifs is 6. The summed E-state index contributed by atoms with van der Waals surface area (Å²) < 4.78 is 7.46. The number of rotatable bonds is 3. The smallest absolute Gasteiger partial charge is 0.223 e. The summed E-state index contributed by atoms with van der Waals surface area (Å²) in [6, 6.07) is 10.3. The predicted molar refractivity (Wildman–Crippen MR) is 102 cm³/mol. The van der Waals surface area contributed by atoms with Gasteiger partial charge in [0.15, 0.2) is 5.65 Å². The Bertz CT molecular complexity index is 1040. The largest absolute Gasteiger partial charge is 0.496 e. The summed E-state index contributed by atoms with van der Waals surface area (Å²) in [5.74, 6) is 1.04.